The Balaban J connectivity index is 1.45. The molecule has 0 unspecified atom stereocenters. The molecule has 28 heavy (non-hydrogen) atoms. The van der Waals surface area contributed by atoms with Crippen molar-refractivity contribution in [1.29, 1.82) is 0 Å². The van der Waals surface area contributed by atoms with E-state index in [9.17, 15) is 9.59 Å². The van der Waals surface area contributed by atoms with Gasteiger partial charge < -0.3 is 20.3 Å². The fourth-order valence-corrected chi connectivity index (χ4v) is 3.04. The van der Waals surface area contributed by atoms with Gasteiger partial charge in [0.1, 0.15) is 5.69 Å². The number of carbonyl (C=O) groups is 2. The number of piperidine rings is 1. The molecular weight excluding hydrogens is 358 g/mol. The molecule has 8 nitrogen and oxygen atoms in total. The minimum Gasteiger partial charge on any atom is -0.450 e. The highest BCUT2D eigenvalue weighted by atomic mass is 16.6. The molecule has 0 saturated carbocycles. The zero-order valence-electron chi connectivity index (χ0n) is 15.9. The third-order valence-corrected chi connectivity index (χ3v) is 4.59. The van der Waals surface area contributed by atoms with E-state index in [2.05, 4.69) is 20.6 Å². The lowest BCUT2D eigenvalue weighted by Gasteiger charge is -2.32. The van der Waals surface area contributed by atoms with E-state index in [1.807, 2.05) is 25.1 Å². The maximum Gasteiger partial charge on any atom is 0.409 e. The van der Waals surface area contributed by atoms with Crippen LogP contribution in [-0.2, 0) is 11.3 Å². The second-order valence-electron chi connectivity index (χ2n) is 6.57. The van der Waals surface area contributed by atoms with Gasteiger partial charge in [0.05, 0.1) is 18.5 Å². The van der Waals surface area contributed by atoms with Gasteiger partial charge in [0, 0.05) is 38.1 Å². The SMILES string of the molecule is CCOC(=O)N1CCC(Nc2ccc(C(=O)NCc3ccncc3)nc2)CC1. The lowest BCUT2D eigenvalue weighted by molar-refractivity contribution is 0.0944. The Hall–Kier alpha value is -3.16. The summed E-state index contributed by atoms with van der Waals surface area (Å²) < 4.78 is 5.03. The summed E-state index contributed by atoms with van der Waals surface area (Å²) in [6.07, 6.45) is 6.48. The third-order valence-electron chi connectivity index (χ3n) is 4.59. The number of amides is 2. The quantitative estimate of drug-likeness (QED) is 0.795. The number of rotatable bonds is 6. The van der Waals surface area contributed by atoms with E-state index in [0.29, 0.717) is 31.9 Å². The fraction of sp³-hybridized carbons (Fsp3) is 0.400. The number of pyridine rings is 2. The summed E-state index contributed by atoms with van der Waals surface area (Å²) in [6.45, 7) is 3.97. The molecule has 3 heterocycles. The van der Waals surface area contributed by atoms with E-state index in [0.717, 1.165) is 24.1 Å². The van der Waals surface area contributed by atoms with Crippen molar-refractivity contribution in [3.8, 4) is 0 Å². The predicted molar refractivity (Wildman–Crippen MR) is 105 cm³/mol. The Labute approximate surface area is 164 Å². The Morgan fingerprint density at radius 2 is 1.93 bits per heavy atom. The smallest absolute Gasteiger partial charge is 0.409 e. The van der Waals surface area contributed by atoms with Crippen molar-refractivity contribution in [3.05, 3.63) is 54.1 Å². The predicted octanol–water partition coefficient (Wildman–Crippen LogP) is 2.44. The molecule has 1 aliphatic heterocycles. The molecule has 1 fully saturated rings. The van der Waals surface area contributed by atoms with Crippen LogP contribution in [0.3, 0.4) is 0 Å². The molecule has 2 aromatic rings. The summed E-state index contributed by atoms with van der Waals surface area (Å²) in [6, 6.07) is 7.53. The topological polar surface area (TPSA) is 96.5 Å². The molecule has 0 spiro atoms. The van der Waals surface area contributed by atoms with Crippen LogP contribution < -0.4 is 10.6 Å². The normalized spacial score (nSPS) is 14.4. The average Bonchev–Trinajstić information content (AvgIpc) is 2.74. The number of nitrogens with zero attached hydrogens (tertiary/aromatic N) is 3. The van der Waals surface area contributed by atoms with Crippen LogP contribution in [0.4, 0.5) is 10.5 Å². The minimum atomic E-state index is -0.246. The molecule has 148 valence electrons. The Kier molecular flexibility index (Phi) is 6.78. The van der Waals surface area contributed by atoms with E-state index in [-0.39, 0.29) is 18.0 Å². The van der Waals surface area contributed by atoms with Crippen LogP contribution in [0.15, 0.2) is 42.9 Å². The lowest BCUT2D eigenvalue weighted by Crippen LogP contribution is -2.42. The first-order valence-electron chi connectivity index (χ1n) is 9.47. The molecule has 3 rings (SSSR count). The molecule has 0 atom stereocenters. The monoisotopic (exact) mass is 383 g/mol. The molecule has 8 heteroatoms. The maximum atomic E-state index is 12.2. The summed E-state index contributed by atoms with van der Waals surface area (Å²) in [5.74, 6) is -0.217. The van der Waals surface area contributed by atoms with Crippen molar-refractivity contribution < 1.29 is 14.3 Å². The summed E-state index contributed by atoms with van der Waals surface area (Å²) in [5.41, 5.74) is 2.22. The summed E-state index contributed by atoms with van der Waals surface area (Å²) in [4.78, 5) is 33.9. The molecule has 0 aliphatic carbocycles. The van der Waals surface area contributed by atoms with E-state index in [1.165, 1.54) is 0 Å². The van der Waals surface area contributed by atoms with Crippen molar-refractivity contribution in [2.45, 2.75) is 32.4 Å². The van der Waals surface area contributed by atoms with Crippen LogP contribution in [0.5, 0.6) is 0 Å². The first-order chi connectivity index (χ1) is 13.7. The van der Waals surface area contributed by atoms with Gasteiger partial charge in [-0.25, -0.2) is 9.78 Å². The van der Waals surface area contributed by atoms with Gasteiger partial charge in [0.2, 0.25) is 0 Å². The van der Waals surface area contributed by atoms with Crippen LogP contribution >= 0.6 is 0 Å². The van der Waals surface area contributed by atoms with Crippen LogP contribution in [0.2, 0.25) is 0 Å². The number of hydrogen-bond acceptors (Lipinski definition) is 6. The van der Waals surface area contributed by atoms with E-state index >= 15 is 0 Å². The molecule has 0 radical (unpaired) electrons. The largest absolute Gasteiger partial charge is 0.450 e. The number of aromatic nitrogens is 2. The third kappa shape index (κ3) is 5.42. The van der Waals surface area contributed by atoms with Gasteiger partial charge in [0.15, 0.2) is 0 Å². The second-order valence-corrected chi connectivity index (χ2v) is 6.57. The first kappa shape index (κ1) is 19.6. The van der Waals surface area contributed by atoms with E-state index < -0.39 is 0 Å². The van der Waals surface area contributed by atoms with Gasteiger partial charge in [-0.2, -0.15) is 0 Å². The van der Waals surface area contributed by atoms with Gasteiger partial charge in [-0.1, -0.05) is 0 Å². The Morgan fingerprint density at radius 3 is 2.57 bits per heavy atom. The lowest BCUT2D eigenvalue weighted by atomic mass is 10.1. The van der Waals surface area contributed by atoms with E-state index in [1.54, 1.807) is 29.6 Å². The van der Waals surface area contributed by atoms with Crippen LogP contribution in [0, 0.1) is 0 Å². The first-order valence-corrected chi connectivity index (χ1v) is 9.47. The average molecular weight is 383 g/mol. The molecule has 1 aliphatic rings. The van der Waals surface area contributed by atoms with E-state index in [4.69, 9.17) is 4.74 Å². The second kappa shape index (κ2) is 9.68. The minimum absolute atomic E-state index is 0.217. The van der Waals surface area contributed by atoms with Gasteiger partial charge in [0.25, 0.3) is 5.91 Å². The molecule has 2 amide bonds. The summed E-state index contributed by atoms with van der Waals surface area (Å²) in [5, 5.41) is 6.26. The van der Waals surface area contributed by atoms with Gasteiger partial charge in [-0.05, 0) is 49.6 Å². The Morgan fingerprint density at radius 1 is 1.18 bits per heavy atom. The fourth-order valence-electron chi connectivity index (χ4n) is 3.04. The van der Waals surface area contributed by atoms with Gasteiger partial charge in [-0.15, -0.1) is 0 Å². The maximum absolute atomic E-state index is 12.2. The van der Waals surface area contributed by atoms with Crippen LogP contribution in [0.25, 0.3) is 0 Å². The van der Waals surface area contributed by atoms with Crippen molar-refractivity contribution >= 4 is 17.7 Å². The highest BCUT2D eigenvalue weighted by molar-refractivity contribution is 5.92. The standard InChI is InChI=1S/C20H25N5O3/c1-2-28-20(27)25-11-7-16(8-12-25)24-17-3-4-18(22-14-17)19(26)23-13-15-5-9-21-10-6-15/h3-6,9-10,14,16,24H,2,7-8,11-13H2,1H3,(H,23,26). The van der Waals surface area contributed by atoms with Crippen molar-refractivity contribution in [2.24, 2.45) is 0 Å². The Bertz CT molecular complexity index is 774. The zero-order valence-corrected chi connectivity index (χ0v) is 15.9. The molecule has 2 aromatic heterocycles. The van der Waals surface area contributed by atoms with Crippen molar-refractivity contribution in [1.82, 2.24) is 20.2 Å². The molecular formula is C20H25N5O3. The number of likely N-dealkylation sites (tertiary alicyclic amines) is 1. The number of carbonyl (C=O) groups excluding carboxylic acids is 2. The number of nitrogens with one attached hydrogen (secondary N) is 2. The summed E-state index contributed by atoms with van der Waals surface area (Å²) in [7, 11) is 0. The highest BCUT2D eigenvalue weighted by Crippen LogP contribution is 2.17. The summed E-state index contributed by atoms with van der Waals surface area (Å²) >= 11 is 0. The number of hydrogen-bond donors (Lipinski definition) is 2. The van der Waals surface area contributed by atoms with Crippen LogP contribution in [0.1, 0.15) is 35.8 Å². The van der Waals surface area contributed by atoms with Gasteiger partial charge >= 0.3 is 6.09 Å². The van der Waals surface area contributed by atoms with Crippen molar-refractivity contribution in [3.63, 3.8) is 0 Å². The van der Waals surface area contributed by atoms with Crippen LogP contribution in [-0.4, -0.2) is 52.6 Å². The zero-order chi connectivity index (χ0) is 19.8. The number of anilines is 1. The molecule has 0 aromatic carbocycles. The van der Waals surface area contributed by atoms with Gasteiger partial charge in [-0.3, -0.25) is 9.78 Å². The molecule has 0 bridgehead atoms. The number of ether oxygens (including phenoxy) is 1. The highest BCUT2D eigenvalue weighted by Gasteiger charge is 2.23. The molecule has 1 saturated heterocycles. The van der Waals surface area contributed by atoms with Crippen molar-refractivity contribution in [2.75, 3.05) is 25.0 Å². The molecule has 2 N–H and O–H groups in total.